The summed E-state index contributed by atoms with van der Waals surface area (Å²) in [6, 6.07) is 8.68. The van der Waals surface area contributed by atoms with Crippen molar-refractivity contribution in [3.63, 3.8) is 0 Å². The van der Waals surface area contributed by atoms with E-state index in [2.05, 4.69) is 15.9 Å². The lowest BCUT2D eigenvalue weighted by Crippen LogP contribution is -1.93. The first kappa shape index (κ1) is 12.6. The van der Waals surface area contributed by atoms with Crippen molar-refractivity contribution in [1.29, 1.82) is 0 Å². The van der Waals surface area contributed by atoms with Crippen molar-refractivity contribution in [2.24, 2.45) is 0 Å². The Morgan fingerprint density at radius 1 is 1.06 bits per heavy atom. The van der Waals surface area contributed by atoms with Gasteiger partial charge in [-0.1, -0.05) is 33.6 Å². The van der Waals surface area contributed by atoms with Crippen LogP contribution in [-0.2, 0) is 0 Å². The second-order valence-electron chi connectivity index (χ2n) is 4.01. The fourth-order valence-corrected chi connectivity index (χ4v) is 2.99. The molecule has 0 N–H and O–H groups in total. The molecule has 0 fully saturated rings. The maximum absolute atomic E-state index is 13.9. The molecular formula is C14H11BrClF. The van der Waals surface area contributed by atoms with Gasteiger partial charge in [-0.2, -0.15) is 0 Å². The Morgan fingerprint density at radius 3 is 2.18 bits per heavy atom. The molecule has 0 aliphatic rings. The van der Waals surface area contributed by atoms with E-state index >= 15 is 0 Å². The number of benzene rings is 2. The van der Waals surface area contributed by atoms with Crippen molar-refractivity contribution in [1.82, 2.24) is 0 Å². The fourth-order valence-electron chi connectivity index (χ4n) is 2.04. The van der Waals surface area contributed by atoms with Gasteiger partial charge in [0.2, 0.25) is 0 Å². The van der Waals surface area contributed by atoms with E-state index in [9.17, 15) is 4.39 Å². The Balaban J connectivity index is 2.77. The Morgan fingerprint density at radius 2 is 1.65 bits per heavy atom. The lowest BCUT2D eigenvalue weighted by Gasteiger charge is -2.13. The standard InChI is InChI=1S/C14H11BrClF/c1-8-6-10(15)7-9(2)13(8)14-11(16)4-3-5-12(14)17/h3-7H,1-2H3. The van der Waals surface area contributed by atoms with E-state index in [4.69, 9.17) is 11.6 Å². The molecule has 0 unspecified atom stereocenters. The summed E-state index contributed by atoms with van der Waals surface area (Å²) in [4.78, 5) is 0. The van der Waals surface area contributed by atoms with Crippen LogP contribution in [0.25, 0.3) is 11.1 Å². The highest BCUT2D eigenvalue weighted by atomic mass is 79.9. The molecule has 0 radical (unpaired) electrons. The second kappa shape index (κ2) is 4.79. The zero-order chi connectivity index (χ0) is 12.6. The first-order valence-electron chi connectivity index (χ1n) is 5.22. The number of halogens is 3. The summed E-state index contributed by atoms with van der Waals surface area (Å²) in [6.45, 7) is 3.91. The van der Waals surface area contributed by atoms with Crippen molar-refractivity contribution >= 4 is 27.5 Å². The summed E-state index contributed by atoms with van der Waals surface area (Å²) in [5, 5.41) is 0.443. The molecule has 2 rings (SSSR count). The summed E-state index contributed by atoms with van der Waals surface area (Å²) in [5.74, 6) is -0.286. The lowest BCUT2D eigenvalue weighted by molar-refractivity contribution is 0.631. The topological polar surface area (TPSA) is 0 Å². The molecule has 88 valence electrons. The molecule has 0 saturated carbocycles. The molecule has 0 aromatic heterocycles. The molecule has 3 heteroatoms. The lowest BCUT2D eigenvalue weighted by atomic mass is 9.95. The van der Waals surface area contributed by atoms with Crippen LogP contribution in [0, 0.1) is 19.7 Å². The van der Waals surface area contributed by atoms with Crippen LogP contribution in [0.5, 0.6) is 0 Å². The van der Waals surface area contributed by atoms with Crippen LogP contribution in [0.15, 0.2) is 34.8 Å². The number of hydrogen-bond donors (Lipinski definition) is 0. The Bertz CT molecular complexity index is 535. The summed E-state index contributed by atoms with van der Waals surface area (Å²) >= 11 is 9.53. The maximum Gasteiger partial charge on any atom is 0.132 e. The van der Waals surface area contributed by atoms with Crippen LogP contribution in [-0.4, -0.2) is 0 Å². The van der Waals surface area contributed by atoms with Gasteiger partial charge in [-0.25, -0.2) is 4.39 Å². The van der Waals surface area contributed by atoms with Crippen LogP contribution in [0.4, 0.5) is 4.39 Å². The van der Waals surface area contributed by atoms with Crippen LogP contribution in [0.2, 0.25) is 5.02 Å². The Hall–Kier alpha value is -0.860. The largest absolute Gasteiger partial charge is 0.206 e. The van der Waals surface area contributed by atoms with E-state index in [1.54, 1.807) is 12.1 Å². The van der Waals surface area contributed by atoms with E-state index < -0.39 is 0 Å². The van der Waals surface area contributed by atoms with Crippen LogP contribution < -0.4 is 0 Å². The Kier molecular flexibility index (Phi) is 3.55. The molecule has 0 bridgehead atoms. The molecule has 0 heterocycles. The molecule has 0 aliphatic heterocycles. The number of hydrogen-bond acceptors (Lipinski definition) is 0. The van der Waals surface area contributed by atoms with Gasteiger partial charge in [0.1, 0.15) is 5.82 Å². The molecule has 0 nitrogen and oxygen atoms in total. The highest BCUT2D eigenvalue weighted by Gasteiger charge is 2.14. The van der Waals surface area contributed by atoms with Crippen LogP contribution in [0.3, 0.4) is 0 Å². The van der Waals surface area contributed by atoms with Gasteiger partial charge >= 0.3 is 0 Å². The summed E-state index contributed by atoms with van der Waals surface area (Å²) in [5.41, 5.74) is 3.36. The van der Waals surface area contributed by atoms with Gasteiger partial charge in [-0.15, -0.1) is 0 Å². The minimum atomic E-state index is -0.286. The van der Waals surface area contributed by atoms with Gasteiger partial charge in [0.15, 0.2) is 0 Å². The summed E-state index contributed by atoms with van der Waals surface area (Å²) in [6.07, 6.45) is 0. The molecule has 0 atom stereocenters. The highest BCUT2D eigenvalue weighted by Crippen LogP contribution is 2.36. The van der Waals surface area contributed by atoms with Crippen molar-refractivity contribution in [3.05, 3.63) is 56.8 Å². The quantitative estimate of drug-likeness (QED) is 0.650. The molecular weight excluding hydrogens is 303 g/mol. The monoisotopic (exact) mass is 312 g/mol. The van der Waals surface area contributed by atoms with E-state index in [-0.39, 0.29) is 5.82 Å². The van der Waals surface area contributed by atoms with Crippen LogP contribution in [0.1, 0.15) is 11.1 Å². The average Bonchev–Trinajstić information content (AvgIpc) is 2.21. The van der Waals surface area contributed by atoms with Gasteiger partial charge < -0.3 is 0 Å². The minimum Gasteiger partial charge on any atom is -0.206 e. The Labute approximate surface area is 114 Å². The third-order valence-corrected chi connectivity index (χ3v) is 3.48. The van der Waals surface area contributed by atoms with Gasteiger partial charge in [-0.05, 0) is 54.8 Å². The van der Waals surface area contributed by atoms with E-state index in [1.165, 1.54) is 6.07 Å². The molecule has 0 saturated heterocycles. The zero-order valence-electron chi connectivity index (χ0n) is 9.52. The van der Waals surface area contributed by atoms with E-state index in [1.807, 2.05) is 26.0 Å². The summed E-state index contributed by atoms with van der Waals surface area (Å²) < 4.78 is 14.9. The normalized spacial score (nSPS) is 10.6. The van der Waals surface area contributed by atoms with Gasteiger partial charge in [-0.3, -0.25) is 0 Å². The van der Waals surface area contributed by atoms with Crippen LogP contribution >= 0.6 is 27.5 Å². The molecule has 2 aromatic rings. The molecule has 2 aromatic carbocycles. The second-order valence-corrected chi connectivity index (χ2v) is 5.33. The molecule has 0 spiro atoms. The molecule has 0 aliphatic carbocycles. The van der Waals surface area contributed by atoms with Crippen molar-refractivity contribution in [2.75, 3.05) is 0 Å². The predicted octanol–water partition coefficient (Wildman–Crippen LogP) is 5.53. The number of rotatable bonds is 1. The minimum absolute atomic E-state index is 0.286. The SMILES string of the molecule is Cc1cc(Br)cc(C)c1-c1c(F)cccc1Cl. The van der Waals surface area contributed by atoms with Gasteiger partial charge in [0.05, 0.1) is 5.02 Å². The molecule has 0 amide bonds. The highest BCUT2D eigenvalue weighted by molar-refractivity contribution is 9.10. The molecule has 17 heavy (non-hydrogen) atoms. The van der Waals surface area contributed by atoms with E-state index in [0.29, 0.717) is 10.6 Å². The van der Waals surface area contributed by atoms with E-state index in [0.717, 1.165) is 21.2 Å². The third kappa shape index (κ3) is 2.38. The maximum atomic E-state index is 13.9. The predicted molar refractivity (Wildman–Crippen MR) is 74.0 cm³/mol. The third-order valence-electron chi connectivity index (χ3n) is 2.71. The fraction of sp³-hybridized carbons (Fsp3) is 0.143. The summed E-state index contributed by atoms with van der Waals surface area (Å²) in [7, 11) is 0. The average molecular weight is 314 g/mol. The smallest absolute Gasteiger partial charge is 0.132 e. The zero-order valence-corrected chi connectivity index (χ0v) is 11.9. The van der Waals surface area contributed by atoms with Crippen molar-refractivity contribution < 1.29 is 4.39 Å². The first-order valence-corrected chi connectivity index (χ1v) is 6.39. The van der Waals surface area contributed by atoms with Gasteiger partial charge in [0, 0.05) is 10.0 Å². The first-order chi connectivity index (χ1) is 8.00. The van der Waals surface area contributed by atoms with Crippen molar-refractivity contribution in [3.8, 4) is 11.1 Å². The van der Waals surface area contributed by atoms with Crippen molar-refractivity contribution in [2.45, 2.75) is 13.8 Å². The van der Waals surface area contributed by atoms with Gasteiger partial charge in [0.25, 0.3) is 0 Å². The number of aryl methyl sites for hydroxylation is 2.